The van der Waals surface area contributed by atoms with Crippen LogP contribution in [0.3, 0.4) is 0 Å². The molecular weight excluding hydrogens is 372 g/mol. The number of hydrogen-bond acceptors (Lipinski definition) is 5. The van der Waals surface area contributed by atoms with Gasteiger partial charge in [-0.15, -0.1) is 0 Å². The number of ether oxygens (including phenoxy) is 1. The van der Waals surface area contributed by atoms with Crippen molar-refractivity contribution in [3.05, 3.63) is 53.1 Å². The van der Waals surface area contributed by atoms with Gasteiger partial charge in [-0.3, -0.25) is 9.97 Å². The van der Waals surface area contributed by atoms with Gasteiger partial charge in [0.2, 0.25) is 0 Å². The Balaban J connectivity index is 1.86. The van der Waals surface area contributed by atoms with Crippen molar-refractivity contribution in [1.82, 2.24) is 9.97 Å². The van der Waals surface area contributed by atoms with Crippen LogP contribution >= 0.6 is 0 Å². The fourth-order valence-corrected chi connectivity index (χ4v) is 4.72. The molecule has 0 bridgehead atoms. The van der Waals surface area contributed by atoms with Crippen LogP contribution in [-0.4, -0.2) is 16.6 Å². The number of nitriles is 1. The number of hydrogen-bond donors (Lipinski definition) is 1. The molecule has 2 aliphatic rings. The predicted octanol–water partition coefficient (Wildman–Crippen LogP) is 5.08. The van der Waals surface area contributed by atoms with Crippen LogP contribution in [0.2, 0.25) is 0 Å². The van der Waals surface area contributed by atoms with E-state index in [4.69, 9.17) is 15.5 Å². The fraction of sp³-hybridized carbons (Fsp3) is 0.480. The summed E-state index contributed by atoms with van der Waals surface area (Å²) < 4.78 is 5.84. The maximum absolute atomic E-state index is 10.2. The third kappa shape index (κ3) is 3.85. The van der Waals surface area contributed by atoms with Crippen LogP contribution in [0, 0.1) is 23.2 Å². The molecule has 2 aromatic rings. The summed E-state index contributed by atoms with van der Waals surface area (Å²) in [7, 11) is 0. The summed E-state index contributed by atoms with van der Waals surface area (Å²) in [5.41, 5.74) is 11.2. The van der Waals surface area contributed by atoms with E-state index in [0.29, 0.717) is 30.6 Å². The molecule has 0 aromatic carbocycles. The minimum atomic E-state index is 0.287. The minimum absolute atomic E-state index is 0.287. The third-order valence-corrected chi connectivity index (χ3v) is 6.69. The first kappa shape index (κ1) is 20.6. The first-order valence-corrected chi connectivity index (χ1v) is 11.1. The Morgan fingerprint density at radius 1 is 1.23 bits per heavy atom. The van der Waals surface area contributed by atoms with Gasteiger partial charge in [-0.25, -0.2) is 0 Å². The first-order valence-electron chi connectivity index (χ1n) is 11.1. The summed E-state index contributed by atoms with van der Waals surface area (Å²) in [6.45, 7) is 5.45. The average molecular weight is 403 g/mol. The van der Waals surface area contributed by atoms with Crippen LogP contribution in [0.5, 0.6) is 5.75 Å². The molecule has 0 amide bonds. The predicted molar refractivity (Wildman–Crippen MR) is 118 cm³/mol. The summed E-state index contributed by atoms with van der Waals surface area (Å²) in [5, 5.41) is 10.2. The molecule has 2 atom stereocenters. The van der Waals surface area contributed by atoms with Crippen LogP contribution in [0.15, 0.2) is 30.6 Å². The Hall–Kier alpha value is -2.71. The topological polar surface area (TPSA) is 84.8 Å². The molecule has 0 spiro atoms. The van der Waals surface area contributed by atoms with Gasteiger partial charge in [-0.1, -0.05) is 39.2 Å². The molecule has 5 nitrogen and oxygen atoms in total. The van der Waals surface area contributed by atoms with Crippen LogP contribution in [0.4, 0.5) is 0 Å². The number of fused-ring (bicyclic) bond motifs is 1. The second-order valence-corrected chi connectivity index (χ2v) is 8.52. The average Bonchev–Trinajstić information content (AvgIpc) is 2.86. The zero-order chi connectivity index (χ0) is 21.1. The van der Waals surface area contributed by atoms with Gasteiger partial charge in [0.1, 0.15) is 11.8 Å². The second-order valence-electron chi connectivity index (χ2n) is 8.52. The van der Waals surface area contributed by atoms with E-state index in [9.17, 15) is 5.26 Å². The smallest absolute Gasteiger partial charge is 0.138 e. The molecule has 156 valence electrons. The maximum Gasteiger partial charge on any atom is 0.138 e. The number of nitrogens with zero attached hydrogens (tertiary/aromatic N) is 3. The molecule has 30 heavy (non-hydrogen) atoms. The van der Waals surface area contributed by atoms with Gasteiger partial charge < -0.3 is 10.5 Å². The molecule has 2 aliphatic carbocycles. The van der Waals surface area contributed by atoms with Crippen LogP contribution in [0.1, 0.15) is 74.4 Å². The lowest BCUT2D eigenvalue weighted by molar-refractivity contribution is 0.184. The van der Waals surface area contributed by atoms with Gasteiger partial charge >= 0.3 is 0 Å². The van der Waals surface area contributed by atoms with Crippen molar-refractivity contribution < 1.29 is 4.74 Å². The highest BCUT2D eigenvalue weighted by Crippen LogP contribution is 2.49. The van der Waals surface area contributed by atoms with Gasteiger partial charge in [0.25, 0.3) is 0 Å². The molecule has 4 rings (SSSR count). The number of allylic oxidation sites excluding steroid dienone is 2. The van der Waals surface area contributed by atoms with Crippen molar-refractivity contribution in [3.8, 4) is 11.8 Å². The normalized spacial score (nSPS) is 21.4. The van der Waals surface area contributed by atoms with Crippen LogP contribution < -0.4 is 10.5 Å². The van der Waals surface area contributed by atoms with E-state index in [0.717, 1.165) is 46.7 Å². The van der Waals surface area contributed by atoms with Crippen molar-refractivity contribution >= 4 is 11.1 Å². The molecule has 0 aliphatic heterocycles. The summed E-state index contributed by atoms with van der Waals surface area (Å²) >= 11 is 0. The Kier molecular flexibility index (Phi) is 6.15. The van der Waals surface area contributed by atoms with Gasteiger partial charge in [-0.05, 0) is 47.9 Å². The Morgan fingerprint density at radius 2 is 2.07 bits per heavy atom. The molecule has 1 saturated carbocycles. The monoisotopic (exact) mass is 402 g/mol. The van der Waals surface area contributed by atoms with Crippen molar-refractivity contribution in [2.45, 2.75) is 58.4 Å². The Morgan fingerprint density at radius 3 is 2.67 bits per heavy atom. The second kappa shape index (κ2) is 8.97. The van der Waals surface area contributed by atoms with Crippen LogP contribution in [0.25, 0.3) is 11.1 Å². The molecule has 2 heterocycles. The lowest BCUT2D eigenvalue weighted by atomic mass is 9.68. The highest BCUT2D eigenvalue weighted by atomic mass is 16.5. The van der Waals surface area contributed by atoms with E-state index in [2.05, 4.69) is 24.9 Å². The summed E-state index contributed by atoms with van der Waals surface area (Å²) in [6.07, 6.45) is 9.24. The number of rotatable bonds is 6. The van der Waals surface area contributed by atoms with Crippen molar-refractivity contribution in [1.29, 1.82) is 5.26 Å². The SMILES string of the molecule is CCCOc1cnc2c(c1)C(C#N)=C(c1ccc(CN)cn1)CC(C1CCC1)C2C. The third-order valence-electron chi connectivity index (χ3n) is 6.69. The van der Waals surface area contributed by atoms with Gasteiger partial charge in [0.15, 0.2) is 0 Å². The number of nitrogens with two attached hydrogens (primary N) is 1. The molecule has 1 fully saturated rings. The number of pyridine rings is 2. The standard InChI is InChI=1S/C25H30N4O/c1-3-9-30-19-10-22-23(13-27)21(24-8-7-17(12-26)14-28-24)11-20(18-5-4-6-18)16(2)25(22)29-15-19/h7-8,10,14-16,18,20H,3-6,9,11-12,26H2,1-2H3. The van der Waals surface area contributed by atoms with Crippen molar-refractivity contribution in [2.75, 3.05) is 6.61 Å². The molecule has 2 N–H and O–H groups in total. The van der Waals surface area contributed by atoms with E-state index in [1.165, 1.54) is 19.3 Å². The van der Waals surface area contributed by atoms with Gasteiger partial charge in [0.05, 0.1) is 29.8 Å². The minimum Gasteiger partial charge on any atom is -0.492 e. The Labute approximate surface area is 179 Å². The van der Waals surface area contributed by atoms with Crippen LogP contribution in [-0.2, 0) is 6.54 Å². The zero-order valence-electron chi connectivity index (χ0n) is 17.9. The van der Waals surface area contributed by atoms with E-state index < -0.39 is 0 Å². The van der Waals surface area contributed by atoms with E-state index in [1.54, 1.807) is 0 Å². The van der Waals surface area contributed by atoms with Crippen molar-refractivity contribution in [3.63, 3.8) is 0 Å². The molecule has 5 heteroatoms. The molecule has 2 aromatic heterocycles. The van der Waals surface area contributed by atoms with E-state index in [-0.39, 0.29) is 5.92 Å². The lowest BCUT2D eigenvalue weighted by Crippen LogP contribution is -2.26. The lowest BCUT2D eigenvalue weighted by Gasteiger charge is -2.37. The van der Waals surface area contributed by atoms with E-state index in [1.807, 2.05) is 30.6 Å². The van der Waals surface area contributed by atoms with Crippen molar-refractivity contribution in [2.24, 2.45) is 17.6 Å². The van der Waals surface area contributed by atoms with Gasteiger partial charge in [0, 0.05) is 24.2 Å². The quantitative estimate of drug-likeness (QED) is 0.728. The molecule has 0 saturated heterocycles. The Bertz CT molecular complexity index is 970. The van der Waals surface area contributed by atoms with E-state index >= 15 is 0 Å². The molecule has 2 unspecified atom stereocenters. The highest BCUT2D eigenvalue weighted by molar-refractivity contribution is 5.98. The largest absolute Gasteiger partial charge is 0.492 e. The summed E-state index contributed by atoms with van der Waals surface area (Å²) in [6, 6.07) is 8.52. The molecular formula is C25H30N4O. The fourth-order valence-electron chi connectivity index (χ4n) is 4.72. The summed E-state index contributed by atoms with van der Waals surface area (Å²) in [5.74, 6) is 2.16. The zero-order valence-corrected chi connectivity index (χ0v) is 17.9. The highest BCUT2D eigenvalue weighted by Gasteiger charge is 2.38. The van der Waals surface area contributed by atoms with Gasteiger partial charge in [-0.2, -0.15) is 5.26 Å². The number of aromatic nitrogens is 2. The molecule has 0 radical (unpaired) electrons. The maximum atomic E-state index is 10.2. The first-order chi connectivity index (χ1) is 14.7. The summed E-state index contributed by atoms with van der Waals surface area (Å²) in [4.78, 5) is 9.49.